The van der Waals surface area contributed by atoms with Crippen molar-refractivity contribution in [1.82, 2.24) is 0 Å². The summed E-state index contributed by atoms with van der Waals surface area (Å²) in [6.07, 6.45) is -0.471. The van der Waals surface area contributed by atoms with Crippen LogP contribution in [0.2, 0.25) is 0 Å². The van der Waals surface area contributed by atoms with E-state index in [0.29, 0.717) is 17.8 Å². The molecule has 8 nitrogen and oxygen atoms in total. The largest absolute Gasteiger partial charge is 0.494 e. The smallest absolute Gasteiger partial charge is 0.273 e. The molecule has 0 saturated carbocycles. The molecule has 1 N–H and O–H groups in total. The highest BCUT2D eigenvalue weighted by Crippen LogP contribution is 2.30. The fraction of sp³-hybridized carbons (Fsp3) is 0.176. The topological polar surface area (TPSA) is 103 Å². The van der Waals surface area contributed by atoms with Crippen LogP contribution < -0.4 is 10.1 Å². The average molecular weight is 420 g/mol. The fourth-order valence-electron chi connectivity index (χ4n) is 2.47. The van der Waals surface area contributed by atoms with Crippen LogP contribution in [-0.4, -0.2) is 29.8 Å². The summed E-state index contributed by atoms with van der Waals surface area (Å²) >= 11 is 3.39. The van der Waals surface area contributed by atoms with Crippen LogP contribution in [-0.2, 0) is 9.63 Å². The van der Waals surface area contributed by atoms with E-state index >= 15 is 0 Å². The van der Waals surface area contributed by atoms with Crippen LogP contribution in [0.5, 0.6) is 5.75 Å². The summed E-state index contributed by atoms with van der Waals surface area (Å²) < 4.78 is 6.01. The van der Waals surface area contributed by atoms with Gasteiger partial charge >= 0.3 is 0 Å². The predicted octanol–water partition coefficient (Wildman–Crippen LogP) is 3.50. The highest BCUT2D eigenvalue weighted by atomic mass is 79.9. The summed E-state index contributed by atoms with van der Waals surface area (Å²) in [7, 11) is 1.37. The Hall–Kier alpha value is -2.94. The average Bonchev–Trinajstić information content (AvgIpc) is 3.12. The zero-order valence-corrected chi connectivity index (χ0v) is 15.2. The maximum Gasteiger partial charge on any atom is 0.273 e. The third-order valence-corrected chi connectivity index (χ3v) is 4.27. The van der Waals surface area contributed by atoms with Crippen molar-refractivity contribution in [2.24, 2.45) is 5.16 Å². The maximum absolute atomic E-state index is 12.4. The lowest BCUT2D eigenvalue weighted by Gasteiger charge is -2.12. The second kappa shape index (κ2) is 7.52. The van der Waals surface area contributed by atoms with Crippen molar-refractivity contribution in [3.05, 3.63) is 62.6 Å². The van der Waals surface area contributed by atoms with Crippen molar-refractivity contribution >= 4 is 38.9 Å². The van der Waals surface area contributed by atoms with Gasteiger partial charge in [-0.15, -0.1) is 0 Å². The van der Waals surface area contributed by atoms with E-state index in [1.165, 1.54) is 25.3 Å². The minimum atomic E-state index is -0.788. The fourth-order valence-corrected chi connectivity index (χ4v) is 2.87. The monoisotopic (exact) mass is 419 g/mol. The summed E-state index contributed by atoms with van der Waals surface area (Å²) in [5.74, 6) is -0.218. The molecule has 3 rings (SSSR count). The summed E-state index contributed by atoms with van der Waals surface area (Å²) in [6.45, 7) is 0. The molecule has 0 spiro atoms. The highest BCUT2D eigenvalue weighted by molar-refractivity contribution is 9.10. The molecule has 1 aliphatic heterocycles. The lowest BCUT2D eigenvalue weighted by Crippen LogP contribution is -2.28. The van der Waals surface area contributed by atoms with Crippen molar-refractivity contribution < 1.29 is 19.3 Å². The number of carbonyl (C=O) groups excluding carboxylic acids is 1. The molecular formula is C17H14BrN3O5. The van der Waals surface area contributed by atoms with E-state index in [0.717, 1.165) is 10.0 Å². The number of nitrogens with one attached hydrogen (secondary N) is 1. The first-order valence-corrected chi connectivity index (χ1v) is 8.39. The van der Waals surface area contributed by atoms with Gasteiger partial charge in [0.1, 0.15) is 5.75 Å². The molecule has 0 fully saturated rings. The van der Waals surface area contributed by atoms with E-state index in [1.54, 1.807) is 0 Å². The molecule has 0 aromatic heterocycles. The number of carbonyl (C=O) groups is 1. The normalized spacial score (nSPS) is 15.8. The number of rotatable bonds is 5. The number of non-ortho nitro benzene ring substituents is 1. The molecule has 0 bridgehead atoms. The van der Waals surface area contributed by atoms with Crippen molar-refractivity contribution in [3.63, 3.8) is 0 Å². The van der Waals surface area contributed by atoms with Crippen LogP contribution >= 0.6 is 15.9 Å². The zero-order chi connectivity index (χ0) is 18.7. The first-order chi connectivity index (χ1) is 12.5. The van der Waals surface area contributed by atoms with Crippen LogP contribution in [0.1, 0.15) is 12.0 Å². The van der Waals surface area contributed by atoms with Gasteiger partial charge in [-0.2, -0.15) is 0 Å². The number of hydrogen-bond acceptors (Lipinski definition) is 6. The van der Waals surface area contributed by atoms with Gasteiger partial charge in [-0.05, 0) is 18.2 Å². The van der Waals surface area contributed by atoms with E-state index in [2.05, 4.69) is 26.4 Å². The van der Waals surface area contributed by atoms with Gasteiger partial charge in [0.2, 0.25) is 6.10 Å². The minimum Gasteiger partial charge on any atom is -0.494 e. The van der Waals surface area contributed by atoms with Gasteiger partial charge < -0.3 is 14.9 Å². The van der Waals surface area contributed by atoms with Crippen LogP contribution in [0.15, 0.2) is 52.1 Å². The van der Waals surface area contributed by atoms with E-state index < -0.39 is 16.9 Å². The third-order valence-electron chi connectivity index (χ3n) is 3.77. The van der Waals surface area contributed by atoms with Crippen molar-refractivity contribution in [1.29, 1.82) is 0 Å². The number of nitro benzene ring substituents is 1. The predicted molar refractivity (Wildman–Crippen MR) is 98.4 cm³/mol. The van der Waals surface area contributed by atoms with Crippen LogP contribution in [0.3, 0.4) is 0 Å². The number of anilines is 1. The number of hydrogen-bond donors (Lipinski definition) is 1. The van der Waals surface area contributed by atoms with Gasteiger partial charge in [0.15, 0.2) is 0 Å². The van der Waals surface area contributed by atoms with Crippen LogP contribution in [0.4, 0.5) is 11.4 Å². The number of nitrogens with zero attached hydrogens (tertiary/aromatic N) is 2. The van der Waals surface area contributed by atoms with Crippen molar-refractivity contribution in [2.45, 2.75) is 12.5 Å². The van der Waals surface area contributed by atoms with Gasteiger partial charge in [0.05, 0.1) is 29.5 Å². The molecule has 134 valence electrons. The number of halogens is 1. The van der Waals surface area contributed by atoms with Gasteiger partial charge in [-0.3, -0.25) is 14.9 Å². The molecule has 0 aliphatic carbocycles. The van der Waals surface area contributed by atoms with E-state index in [9.17, 15) is 14.9 Å². The Labute approximate surface area is 157 Å². The maximum atomic E-state index is 12.4. The number of nitro groups is 1. The van der Waals surface area contributed by atoms with Gasteiger partial charge in [-0.25, -0.2) is 0 Å². The zero-order valence-electron chi connectivity index (χ0n) is 13.6. The molecule has 1 atom stereocenters. The summed E-state index contributed by atoms with van der Waals surface area (Å²) in [4.78, 5) is 28.0. The lowest BCUT2D eigenvalue weighted by atomic mass is 10.0. The highest BCUT2D eigenvalue weighted by Gasteiger charge is 2.29. The Morgan fingerprint density at radius 3 is 2.88 bits per heavy atom. The van der Waals surface area contributed by atoms with E-state index in [1.807, 2.05) is 24.3 Å². The molecule has 0 radical (unpaired) electrons. The Balaban J connectivity index is 1.69. The number of benzene rings is 2. The minimum absolute atomic E-state index is 0.128. The number of amides is 1. The SMILES string of the molecule is COc1cc([N+](=O)[O-])ccc1NC(=O)C1CC(c2cccc(Br)c2)=NO1. The number of oxime groups is 1. The quantitative estimate of drug-likeness (QED) is 0.589. The molecule has 26 heavy (non-hydrogen) atoms. The molecule has 1 aliphatic rings. The Bertz CT molecular complexity index is 900. The summed E-state index contributed by atoms with van der Waals surface area (Å²) in [6, 6.07) is 11.5. The molecule has 1 unspecified atom stereocenters. The molecule has 1 heterocycles. The van der Waals surface area contributed by atoms with E-state index in [-0.39, 0.29) is 11.4 Å². The summed E-state index contributed by atoms with van der Waals surface area (Å²) in [5.41, 5.74) is 1.73. The molecule has 1 amide bonds. The Morgan fingerprint density at radius 1 is 1.38 bits per heavy atom. The van der Waals surface area contributed by atoms with Gasteiger partial charge in [-0.1, -0.05) is 33.2 Å². The number of methoxy groups -OCH3 is 1. The second-order valence-corrected chi connectivity index (χ2v) is 6.39. The standard InChI is InChI=1S/C17H14BrN3O5/c1-25-15-8-12(21(23)24)5-6-13(15)19-17(22)16-9-14(20-26-16)10-3-2-4-11(18)7-10/h2-8,16H,9H2,1H3,(H,19,22). The first kappa shape index (κ1) is 17.9. The van der Waals surface area contributed by atoms with E-state index in [4.69, 9.17) is 9.57 Å². The molecule has 0 saturated heterocycles. The molecule has 9 heteroatoms. The van der Waals surface area contributed by atoms with Gasteiger partial charge in [0.25, 0.3) is 11.6 Å². The summed E-state index contributed by atoms with van der Waals surface area (Å²) in [5, 5.41) is 17.5. The van der Waals surface area contributed by atoms with Crippen molar-refractivity contribution in [3.8, 4) is 5.75 Å². The third kappa shape index (κ3) is 3.83. The molecular weight excluding hydrogens is 406 g/mol. The van der Waals surface area contributed by atoms with Crippen molar-refractivity contribution in [2.75, 3.05) is 12.4 Å². The lowest BCUT2D eigenvalue weighted by molar-refractivity contribution is -0.384. The second-order valence-electron chi connectivity index (χ2n) is 5.48. The molecule has 2 aromatic carbocycles. The van der Waals surface area contributed by atoms with Crippen LogP contribution in [0, 0.1) is 10.1 Å². The Kier molecular flexibility index (Phi) is 5.17. The first-order valence-electron chi connectivity index (χ1n) is 7.60. The Morgan fingerprint density at radius 2 is 2.19 bits per heavy atom. The van der Waals surface area contributed by atoms with Crippen LogP contribution in [0.25, 0.3) is 0 Å². The van der Waals surface area contributed by atoms with Gasteiger partial charge in [0, 0.05) is 22.5 Å². The number of ether oxygens (including phenoxy) is 1. The molecule has 2 aromatic rings.